The summed E-state index contributed by atoms with van der Waals surface area (Å²) in [6, 6.07) is -0.0666. The number of urea groups is 1. The number of carbonyl (C=O) groups is 1. The molecule has 1 aliphatic carbocycles. The van der Waals surface area contributed by atoms with Crippen LogP contribution in [0.2, 0.25) is 0 Å². The second-order valence-electron chi connectivity index (χ2n) is 5.39. The van der Waals surface area contributed by atoms with E-state index in [0.717, 1.165) is 25.7 Å². The van der Waals surface area contributed by atoms with Crippen LogP contribution in [0.15, 0.2) is 0 Å². The minimum absolute atomic E-state index is 0.126. The van der Waals surface area contributed by atoms with Gasteiger partial charge < -0.3 is 15.7 Å². The number of nitrogens with one attached hydrogen (secondary N) is 2. The first kappa shape index (κ1) is 13.3. The Morgan fingerprint density at radius 3 is 2.50 bits per heavy atom. The Morgan fingerprint density at radius 2 is 2.00 bits per heavy atom. The third-order valence-corrected chi connectivity index (χ3v) is 3.20. The van der Waals surface area contributed by atoms with Gasteiger partial charge in [0.1, 0.15) is 0 Å². The summed E-state index contributed by atoms with van der Waals surface area (Å²) in [5, 5.41) is 15.7. The predicted molar refractivity (Wildman–Crippen MR) is 64.3 cm³/mol. The first-order valence-electron chi connectivity index (χ1n) is 6.18. The van der Waals surface area contributed by atoms with E-state index in [-0.39, 0.29) is 12.1 Å². The van der Waals surface area contributed by atoms with Gasteiger partial charge in [0.25, 0.3) is 0 Å². The number of aliphatic hydroxyl groups is 1. The molecule has 0 unspecified atom stereocenters. The van der Waals surface area contributed by atoms with Crippen LogP contribution in [0.5, 0.6) is 0 Å². The molecule has 0 spiro atoms. The molecule has 0 aliphatic heterocycles. The Balaban J connectivity index is 2.28. The van der Waals surface area contributed by atoms with Gasteiger partial charge in [0.2, 0.25) is 0 Å². The van der Waals surface area contributed by atoms with Crippen molar-refractivity contribution in [1.29, 1.82) is 0 Å². The van der Waals surface area contributed by atoms with Crippen molar-refractivity contribution in [3.8, 4) is 0 Å². The zero-order valence-electron chi connectivity index (χ0n) is 10.5. The fraction of sp³-hybridized carbons (Fsp3) is 0.917. The monoisotopic (exact) mass is 228 g/mol. The van der Waals surface area contributed by atoms with Crippen molar-refractivity contribution in [2.45, 2.75) is 58.1 Å². The van der Waals surface area contributed by atoms with Crippen molar-refractivity contribution >= 4 is 6.03 Å². The highest BCUT2D eigenvalue weighted by Gasteiger charge is 2.31. The summed E-state index contributed by atoms with van der Waals surface area (Å²) < 4.78 is 0. The van der Waals surface area contributed by atoms with E-state index in [9.17, 15) is 9.90 Å². The van der Waals surface area contributed by atoms with Crippen LogP contribution in [0.1, 0.15) is 46.5 Å². The molecule has 1 fully saturated rings. The number of amides is 2. The third-order valence-electron chi connectivity index (χ3n) is 3.20. The summed E-state index contributed by atoms with van der Waals surface area (Å²) in [5.41, 5.74) is -0.694. The molecule has 0 aromatic carbocycles. The maximum absolute atomic E-state index is 11.4. The van der Waals surface area contributed by atoms with Crippen molar-refractivity contribution in [3.63, 3.8) is 0 Å². The van der Waals surface area contributed by atoms with E-state index in [2.05, 4.69) is 17.6 Å². The lowest BCUT2D eigenvalue weighted by Gasteiger charge is -2.35. The molecule has 0 aromatic heterocycles. The molecule has 94 valence electrons. The van der Waals surface area contributed by atoms with Gasteiger partial charge in [-0.25, -0.2) is 4.79 Å². The molecule has 4 nitrogen and oxygen atoms in total. The van der Waals surface area contributed by atoms with Crippen LogP contribution in [0.3, 0.4) is 0 Å². The van der Waals surface area contributed by atoms with E-state index in [4.69, 9.17) is 0 Å². The van der Waals surface area contributed by atoms with Gasteiger partial charge in [-0.05, 0) is 45.4 Å². The highest BCUT2D eigenvalue weighted by atomic mass is 16.3. The molecule has 0 bridgehead atoms. The molecule has 1 aliphatic rings. The average molecular weight is 228 g/mol. The lowest BCUT2D eigenvalue weighted by Crippen LogP contribution is -2.49. The van der Waals surface area contributed by atoms with Crippen LogP contribution in [0.4, 0.5) is 4.79 Å². The standard InChI is InChI=1S/C12H24N2O2/c1-9(2)14-11(15)13-8-12(16)6-4-10(3)5-7-12/h9-10,16H,4-8H2,1-3H3,(H2,13,14,15). The van der Waals surface area contributed by atoms with Gasteiger partial charge in [0, 0.05) is 12.6 Å². The van der Waals surface area contributed by atoms with Gasteiger partial charge >= 0.3 is 6.03 Å². The zero-order valence-corrected chi connectivity index (χ0v) is 10.5. The smallest absolute Gasteiger partial charge is 0.315 e. The summed E-state index contributed by atoms with van der Waals surface area (Å²) in [4.78, 5) is 11.4. The van der Waals surface area contributed by atoms with Crippen molar-refractivity contribution in [1.82, 2.24) is 10.6 Å². The molecular formula is C12H24N2O2. The van der Waals surface area contributed by atoms with Crippen molar-refractivity contribution in [2.24, 2.45) is 5.92 Å². The van der Waals surface area contributed by atoms with Gasteiger partial charge in [-0.15, -0.1) is 0 Å². The maximum Gasteiger partial charge on any atom is 0.315 e. The van der Waals surface area contributed by atoms with E-state index in [1.165, 1.54) is 0 Å². The number of hydrogen-bond acceptors (Lipinski definition) is 2. The number of rotatable bonds is 3. The third kappa shape index (κ3) is 4.39. The normalized spacial score (nSPS) is 30.2. The Kier molecular flexibility index (Phi) is 4.59. The fourth-order valence-electron chi connectivity index (χ4n) is 2.03. The van der Waals surface area contributed by atoms with Gasteiger partial charge in [-0.1, -0.05) is 6.92 Å². The topological polar surface area (TPSA) is 61.4 Å². The van der Waals surface area contributed by atoms with E-state index >= 15 is 0 Å². The Bertz CT molecular complexity index is 233. The highest BCUT2D eigenvalue weighted by molar-refractivity contribution is 5.74. The van der Waals surface area contributed by atoms with Crippen molar-refractivity contribution in [3.05, 3.63) is 0 Å². The van der Waals surface area contributed by atoms with E-state index in [1.54, 1.807) is 0 Å². The molecule has 0 saturated heterocycles. The molecule has 1 saturated carbocycles. The first-order chi connectivity index (χ1) is 7.41. The number of carbonyl (C=O) groups excluding carboxylic acids is 1. The van der Waals surface area contributed by atoms with Crippen LogP contribution >= 0.6 is 0 Å². The minimum Gasteiger partial charge on any atom is -0.388 e. The molecular weight excluding hydrogens is 204 g/mol. The summed E-state index contributed by atoms with van der Waals surface area (Å²) >= 11 is 0. The van der Waals surface area contributed by atoms with Crippen LogP contribution in [-0.2, 0) is 0 Å². The van der Waals surface area contributed by atoms with Crippen molar-refractivity contribution in [2.75, 3.05) is 6.54 Å². The maximum atomic E-state index is 11.4. The molecule has 0 heterocycles. The molecule has 16 heavy (non-hydrogen) atoms. The Labute approximate surface area is 97.8 Å². The molecule has 2 amide bonds. The summed E-state index contributed by atoms with van der Waals surface area (Å²) in [5.74, 6) is 0.699. The molecule has 0 radical (unpaired) electrons. The second-order valence-corrected chi connectivity index (χ2v) is 5.39. The van der Waals surface area contributed by atoms with Gasteiger partial charge in [0.05, 0.1) is 5.60 Å². The predicted octanol–water partition coefficient (Wildman–Crippen LogP) is 1.64. The van der Waals surface area contributed by atoms with E-state index < -0.39 is 5.60 Å². The van der Waals surface area contributed by atoms with Crippen molar-refractivity contribution < 1.29 is 9.90 Å². The Hall–Kier alpha value is -0.770. The summed E-state index contributed by atoms with van der Waals surface area (Å²) in [7, 11) is 0. The molecule has 3 N–H and O–H groups in total. The zero-order chi connectivity index (χ0) is 12.2. The molecule has 0 aromatic rings. The molecule has 0 atom stereocenters. The summed E-state index contributed by atoms with van der Waals surface area (Å²) in [6.45, 7) is 6.39. The molecule has 4 heteroatoms. The quantitative estimate of drug-likeness (QED) is 0.687. The van der Waals surface area contributed by atoms with Gasteiger partial charge in [0.15, 0.2) is 0 Å². The lowest BCUT2D eigenvalue weighted by atomic mass is 9.79. The highest BCUT2D eigenvalue weighted by Crippen LogP contribution is 2.31. The van der Waals surface area contributed by atoms with E-state index in [0.29, 0.717) is 12.5 Å². The van der Waals surface area contributed by atoms with Gasteiger partial charge in [-0.3, -0.25) is 0 Å². The Morgan fingerprint density at radius 1 is 1.44 bits per heavy atom. The largest absolute Gasteiger partial charge is 0.388 e. The summed E-state index contributed by atoms with van der Waals surface area (Å²) in [6.07, 6.45) is 3.67. The van der Waals surface area contributed by atoms with Crippen LogP contribution in [-0.4, -0.2) is 29.3 Å². The second kappa shape index (κ2) is 5.53. The SMILES string of the molecule is CC1CCC(O)(CNC(=O)NC(C)C)CC1. The number of hydrogen-bond donors (Lipinski definition) is 3. The minimum atomic E-state index is -0.694. The van der Waals surface area contributed by atoms with E-state index in [1.807, 2.05) is 13.8 Å². The lowest BCUT2D eigenvalue weighted by molar-refractivity contribution is -0.00392. The van der Waals surface area contributed by atoms with Crippen LogP contribution in [0.25, 0.3) is 0 Å². The van der Waals surface area contributed by atoms with Crippen LogP contribution < -0.4 is 10.6 Å². The van der Waals surface area contributed by atoms with Crippen LogP contribution in [0, 0.1) is 5.92 Å². The van der Waals surface area contributed by atoms with Gasteiger partial charge in [-0.2, -0.15) is 0 Å². The first-order valence-corrected chi connectivity index (χ1v) is 6.18. The average Bonchev–Trinajstić information content (AvgIpc) is 2.20. The fourth-order valence-corrected chi connectivity index (χ4v) is 2.03. The molecule has 1 rings (SSSR count).